The fraction of sp³-hybridized carbons (Fsp3) is 0.538. The van der Waals surface area contributed by atoms with Gasteiger partial charge in [0, 0.05) is 50.5 Å². The highest BCUT2D eigenvalue weighted by Gasteiger charge is 2.42. The minimum absolute atomic E-state index is 0. The summed E-state index contributed by atoms with van der Waals surface area (Å²) < 4.78 is 35.6. The largest absolute Gasteiger partial charge is 1.00 e. The number of halogens is 1. The van der Waals surface area contributed by atoms with Crippen molar-refractivity contribution in [1.82, 2.24) is 10.2 Å². The summed E-state index contributed by atoms with van der Waals surface area (Å²) in [5.74, 6) is 0.942. The van der Waals surface area contributed by atoms with Crippen LogP contribution in [-0.4, -0.2) is 82.5 Å². The third kappa shape index (κ3) is 8.22. The predicted octanol–water partition coefficient (Wildman–Crippen LogP) is 3.57. The summed E-state index contributed by atoms with van der Waals surface area (Å²) in [6.45, 7) is 13.5. The number of quaternary nitrogens is 1. The van der Waals surface area contributed by atoms with Crippen molar-refractivity contribution >= 4 is 15.5 Å². The zero-order chi connectivity index (χ0) is 33.1. The number of sulfone groups is 1. The van der Waals surface area contributed by atoms with Gasteiger partial charge in [-0.1, -0.05) is 75.9 Å². The summed E-state index contributed by atoms with van der Waals surface area (Å²) in [6.07, 6.45) is 5.73. The molecule has 7 rings (SSSR count). The highest BCUT2D eigenvalue weighted by molar-refractivity contribution is 7.91. The van der Waals surface area contributed by atoms with Crippen molar-refractivity contribution in [1.29, 1.82) is 0 Å². The normalized spacial score (nSPS) is 23.8. The molecule has 1 unspecified atom stereocenters. The first-order chi connectivity index (χ1) is 22.6. The molecule has 4 aliphatic heterocycles. The minimum Gasteiger partial charge on any atom is -1.00 e. The molecular formula is C39H55ClN4O3S. The van der Waals surface area contributed by atoms with Gasteiger partial charge < -0.3 is 26.5 Å². The number of hydrogen-bond donors (Lipinski definition) is 1. The number of fused-ring (bicyclic) bond motifs is 4. The van der Waals surface area contributed by atoms with Crippen LogP contribution in [-0.2, 0) is 23.0 Å². The molecule has 9 heteroatoms. The van der Waals surface area contributed by atoms with Gasteiger partial charge in [0.15, 0.2) is 9.84 Å². The van der Waals surface area contributed by atoms with E-state index in [-0.39, 0.29) is 24.2 Å². The van der Waals surface area contributed by atoms with E-state index in [9.17, 15) is 8.42 Å². The summed E-state index contributed by atoms with van der Waals surface area (Å²) in [6, 6.07) is 22.8. The quantitative estimate of drug-likeness (QED) is 0.277. The van der Waals surface area contributed by atoms with E-state index < -0.39 is 15.4 Å². The van der Waals surface area contributed by atoms with Crippen molar-refractivity contribution in [3.05, 3.63) is 89.0 Å². The molecule has 3 fully saturated rings. The maximum atomic E-state index is 14.0. The number of ether oxygens (including phenoxy) is 1. The second kappa shape index (κ2) is 15.5. The molecule has 0 amide bonds. The Hall–Kier alpha value is -2.62. The number of nitrogens with one attached hydrogen (secondary N) is 1. The average molecular weight is 695 g/mol. The van der Waals surface area contributed by atoms with E-state index >= 15 is 0 Å². The number of rotatable bonds is 13. The number of hydrogen-bond acceptors (Lipinski definition) is 6. The molecule has 48 heavy (non-hydrogen) atoms. The average Bonchev–Trinajstić information content (AvgIpc) is 3.18. The Balaban J connectivity index is 0.00000451. The van der Waals surface area contributed by atoms with Crippen LogP contribution >= 0.6 is 0 Å². The number of benzene rings is 3. The van der Waals surface area contributed by atoms with Crippen LogP contribution in [0, 0.1) is 0 Å². The van der Waals surface area contributed by atoms with Gasteiger partial charge in [-0.2, -0.15) is 0 Å². The molecule has 262 valence electrons. The van der Waals surface area contributed by atoms with Crippen LogP contribution in [0.3, 0.4) is 0 Å². The summed E-state index contributed by atoms with van der Waals surface area (Å²) in [5, 5.41) is 3.97. The summed E-state index contributed by atoms with van der Waals surface area (Å²) in [4.78, 5) is 5.08. The molecule has 2 bridgehead atoms. The zero-order valence-electron chi connectivity index (χ0n) is 29.4. The van der Waals surface area contributed by atoms with E-state index in [0.717, 1.165) is 67.6 Å². The molecule has 3 saturated heterocycles. The lowest BCUT2D eigenvalue weighted by molar-refractivity contribution is -0.953. The van der Waals surface area contributed by atoms with Crippen LogP contribution in [0.1, 0.15) is 80.7 Å². The molecule has 0 aromatic heterocycles. The van der Waals surface area contributed by atoms with E-state index in [0.29, 0.717) is 11.5 Å². The Kier molecular flexibility index (Phi) is 11.8. The Morgan fingerprint density at radius 1 is 0.875 bits per heavy atom. The van der Waals surface area contributed by atoms with E-state index in [1.54, 1.807) is 0 Å². The van der Waals surface area contributed by atoms with Gasteiger partial charge in [0.25, 0.3) is 0 Å². The van der Waals surface area contributed by atoms with Crippen molar-refractivity contribution in [3.8, 4) is 5.75 Å². The Bertz CT molecular complexity index is 1580. The predicted molar refractivity (Wildman–Crippen MR) is 192 cm³/mol. The SMILES string of the molecule is CCCCC1(CCCC)CS(=O)(=O)c2ccc(N(C)C)cc2C(c2ccc(OCc3ccc(C[N+]45CCN(CC4)CC5)cc3)cc2)N1.[Cl-]. The maximum Gasteiger partial charge on any atom is 0.180 e. The van der Waals surface area contributed by atoms with Gasteiger partial charge in [-0.05, 0) is 59.9 Å². The van der Waals surface area contributed by atoms with Gasteiger partial charge in [0.05, 0.1) is 36.3 Å². The lowest BCUT2D eigenvalue weighted by Gasteiger charge is -2.50. The summed E-state index contributed by atoms with van der Waals surface area (Å²) >= 11 is 0. The van der Waals surface area contributed by atoms with E-state index in [2.05, 4.69) is 66.5 Å². The molecule has 1 N–H and O–H groups in total. The molecule has 1 atom stereocenters. The van der Waals surface area contributed by atoms with Gasteiger partial charge >= 0.3 is 0 Å². The third-order valence-corrected chi connectivity index (χ3v) is 12.9. The minimum atomic E-state index is -3.50. The zero-order valence-corrected chi connectivity index (χ0v) is 31.0. The van der Waals surface area contributed by atoms with Gasteiger partial charge in [-0.3, -0.25) is 10.2 Å². The van der Waals surface area contributed by atoms with E-state index in [1.165, 1.54) is 54.9 Å². The van der Waals surface area contributed by atoms with Crippen LogP contribution in [0.5, 0.6) is 5.75 Å². The molecule has 0 saturated carbocycles. The maximum absolute atomic E-state index is 14.0. The molecule has 4 heterocycles. The second-order valence-electron chi connectivity index (χ2n) is 14.6. The number of nitrogens with zero attached hydrogens (tertiary/aromatic N) is 3. The van der Waals surface area contributed by atoms with Crippen LogP contribution in [0.2, 0.25) is 0 Å². The lowest BCUT2D eigenvalue weighted by Crippen LogP contribution is -3.00. The fourth-order valence-corrected chi connectivity index (χ4v) is 9.98. The highest BCUT2D eigenvalue weighted by atomic mass is 35.5. The second-order valence-corrected chi connectivity index (χ2v) is 16.6. The third-order valence-electron chi connectivity index (χ3n) is 10.9. The summed E-state index contributed by atoms with van der Waals surface area (Å²) in [7, 11) is 0.498. The smallest absolute Gasteiger partial charge is 0.180 e. The Morgan fingerprint density at radius 2 is 1.48 bits per heavy atom. The monoisotopic (exact) mass is 694 g/mol. The number of piperazine rings is 3. The molecule has 3 aromatic carbocycles. The van der Waals surface area contributed by atoms with Gasteiger partial charge in [0.1, 0.15) is 18.9 Å². The first-order valence-corrected chi connectivity index (χ1v) is 19.5. The van der Waals surface area contributed by atoms with Gasteiger partial charge in [-0.15, -0.1) is 0 Å². The topological polar surface area (TPSA) is 61.9 Å². The molecule has 0 radical (unpaired) electrons. The van der Waals surface area contributed by atoms with E-state index in [1.807, 2.05) is 43.3 Å². The van der Waals surface area contributed by atoms with Crippen molar-refractivity contribution < 1.29 is 30.0 Å². The standard InChI is InChI=1S/C39H55N4O3S.ClH/c1-5-7-19-39(20-8-6-2)30-47(44,45)37-18-15-34(41(3)4)27-36(37)38(40-39)33-13-16-35(17-14-33)46-29-32-11-9-31(10-12-32)28-43-24-21-42(22-25-43)23-26-43;/h9-18,27,38,40H,5-8,19-26,28-30H2,1-4H3;1H/q+1;/p-1. The van der Waals surface area contributed by atoms with Crippen molar-refractivity contribution in [2.45, 2.75) is 82.0 Å². The molecular weight excluding hydrogens is 640 g/mol. The summed E-state index contributed by atoms with van der Waals surface area (Å²) in [5.41, 5.74) is 4.97. The van der Waals surface area contributed by atoms with Crippen LogP contribution in [0.4, 0.5) is 5.69 Å². The fourth-order valence-electron chi connectivity index (χ4n) is 7.92. The molecule has 3 aromatic rings. The van der Waals surface area contributed by atoms with Gasteiger partial charge in [-0.25, -0.2) is 8.42 Å². The van der Waals surface area contributed by atoms with Crippen LogP contribution in [0.15, 0.2) is 71.6 Å². The number of unbranched alkanes of at least 4 members (excludes halogenated alkanes) is 2. The Labute approximate surface area is 295 Å². The van der Waals surface area contributed by atoms with Crippen LogP contribution < -0.4 is 27.4 Å². The van der Waals surface area contributed by atoms with Crippen molar-refractivity contribution in [3.63, 3.8) is 0 Å². The Morgan fingerprint density at radius 3 is 2.06 bits per heavy atom. The van der Waals surface area contributed by atoms with Crippen LogP contribution in [0.25, 0.3) is 0 Å². The first kappa shape index (κ1) is 36.7. The van der Waals surface area contributed by atoms with Gasteiger partial charge in [0.2, 0.25) is 0 Å². The first-order valence-electron chi connectivity index (χ1n) is 17.8. The molecule has 7 nitrogen and oxygen atoms in total. The lowest BCUT2D eigenvalue weighted by atomic mass is 9.86. The molecule has 0 spiro atoms. The molecule has 0 aliphatic carbocycles. The highest BCUT2D eigenvalue weighted by Crippen LogP contribution is 2.40. The van der Waals surface area contributed by atoms with Crippen molar-refractivity contribution in [2.24, 2.45) is 0 Å². The molecule has 4 aliphatic rings. The van der Waals surface area contributed by atoms with E-state index in [4.69, 9.17) is 4.74 Å². The number of anilines is 1. The van der Waals surface area contributed by atoms with Crippen molar-refractivity contribution in [2.75, 3.05) is 64.0 Å².